The van der Waals surface area contributed by atoms with Crippen molar-refractivity contribution in [1.82, 2.24) is 25.9 Å². The van der Waals surface area contributed by atoms with Gasteiger partial charge in [0.2, 0.25) is 12.2 Å². The van der Waals surface area contributed by atoms with Crippen LogP contribution in [0.3, 0.4) is 0 Å². The maximum Gasteiger partial charge on any atom is 0.573 e. The first kappa shape index (κ1) is 27.3. The fourth-order valence-corrected chi connectivity index (χ4v) is 4.23. The monoisotopic (exact) mass is 572 g/mol. The topological polar surface area (TPSA) is 157 Å². The zero-order valence-corrected chi connectivity index (χ0v) is 20.9. The molecule has 5 rings (SSSR count). The second kappa shape index (κ2) is 10.7. The number of halogens is 4. The first-order valence-corrected chi connectivity index (χ1v) is 11.8. The van der Waals surface area contributed by atoms with Crippen LogP contribution < -0.4 is 25.6 Å². The first-order chi connectivity index (χ1) is 19.5. The molecule has 0 fully saturated rings. The van der Waals surface area contributed by atoms with Crippen LogP contribution in [0.4, 0.5) is 34.6 Å². The van der Waals surface area contributed by atoms with Crippen LogP contribution in [0.15, 0.2) is 60.7 Å². The molecule has 16 heteroatoms. The third kappa shape index (κ3) is 5.72. The fourth-order valence-electron chi connectivity index (χ4n) is 4.23. The maximum absolute atomic E-state index is 14.3. The van der Waals surface area contributed by atoms with Gasteiger partial charge in [-0.25, -0.2) is 4.39 Å². The summed E-state index contributed by atoms with van der Waals surface area (Å²) in [5, 5.41) is 32.0. The highest BCUT2D eigenvalue weighted by molar-refractivity contribution is 6.12. The van der Waals surface area contributed by atoms with Crippen LogP contribution in [-0.2, 0) is 0 Å². The first-order valence-electron chi connectivity index (χ1n) is 11.8. The van der Waals surface area contributed by atoms with Gasteiger partial charge in [0.05, 0.1) is 16.9 Å². The van der Waals surface area contributed by atoms with Gasteiger partial charge in [-0.15, -0.1) is 23.4 Å². The summed E-state index contributed by atoms with van der Waals surface area (Å²) in [7, 11) is 1.51. The quantitative estimate of drug-likeness (QED) is 0.210. The van der Waals surface area contributed by atoms with Crippen molar-refractivity contribution in [2.24, 2.45) is 0 Å². The number of H-pyrrole nitrogens is 1. The highest BCUT2D eigenvalue weighted by atomic mass is 19.4. The maximum atomic E-state index is 14.3. The Kier molecular flexibility index (Phi) is 7.15. The number of rotatable bonds is 7. The number of nitrogens with one attached hydrogen (secondary N) is 4. The van der Waals surface area contributed by atoms with Crippen molar-refractivity contribution in [2.75, 3.05) is 22.6 Å². The lowest BCUT2D eigenvalue weighted by Crippen LogP contribution is -2.49. The number of anilines is 3. The SMILES string of the molecule is CNc1cc2c(cc1F)C(=O)N(c1ccc(C(=O)NC(c3cccc(OC(F)(F)F)c3)c3nn[nH]n3)cc1)C(O)N2. The molecule has 1 aliphatic heterocycles. The molecular formula is C25H20F4N8O4. The molecule has 12 nitrogen and oxygen atoms in total. The average Bonchev–Trinajstić information content (AvgIpc) is 3.46. The summed E-state index contributed by atoms with van der Waals surface area (Å²) in [6, 6.07) is 11.7. The standard InChI is InChI=1S/C25H20F4N8O4/c1-30-19-11-18-16(10-17(19)26)23(39)37(24(40)31-18)14-7-5-12(6-8-14)22(38)32-20(21-33-35-36-34-21)13-3-2-4-15(9-13)41-25(27,28)29/h2-11,20,24,30-31,40H,1H3,(H,32,38)(H,33,34,35,36). The van der Waals surface area contributed by atoms with Gasteiger partial charge >= 0.3 is 6.36 Å². The Balaban J connectivity index is 1.37. The number of amides is 2. The summed E-state index contributed by atoms with van der Waals surface area (Å²) in [6.45, 7) is 0. The van der Waals surface area contributed by atoms with Crippen molar-refractivity contribution < 1.29 is 37.0 Å². The molecule has 2 unspecified atom stereocenters. The van der Waals surface area contributed by atoms with E-state index in [1.807, 2.05) is 0 Å². The lowest BCUT2D eigenvalue weighted by molar-refractivity contribution is -0.274. The molecular weight excluding hydrogens is 552 g/mol. The molecule has 212 valence electrons. The molecule has 2 atom stereocenters. The van der Waals surface area contributed by atoms with Crippen molar-refractivity contribution in [2.45, 2.75) is 18.8 Å². The molecule has 0 spiro atoms. The highest BCUT2D eigenvalue weighted by Gasteiger charge is 2.34. The van der Waals surface area contributed by atoms with Crippen LogP contribution in [0, 0.1) is 5.82 Å². The van der Waals surface area contributed by atoms with E-state index in [1.165, 1.54) is 49.5 Å². The van der Waals surface area contributed by atoms with Crippen LogP contribution in [0.5, 0.6) is 5.75 Å². The molecule has 2 amide bonds. The van der Waals surface area contributed by atoms with Gasteiger partial charge in [0, 0.05) is 18.3 Å². The van der Waals surface area contributed by atoms with E-state index in [0.29, 0.717) is 0 Å². The zero-order chi connectivity index (χ0) is 29.3. The summed E-state index contributed by atoms with van der Waals surface area (Å²) in [5.41, 5.74) is 0.840. The van der Waals surface area contributed by atoms with E-state index in [4.69, 9.17) is 0 Å². The number of nitrogens with zero attached hydrogens (tertiary/aromatic N) is 4. The number of aromatic amines is 1. The van der Waals surface area contributed by atoms with E-state index in [1.54, 1.807) is 0 Å². The molecule has 41 heavy (non-hydrogen) atoms. The number of fused-ring (bicyclic) bond motifs is 1. The number of ether oxygens (including phenoxy) is 1. The minimum Gasteiger partial charge on any atom is -0.406 e. The van der Waals surface area contributed by atoms with E-state index in [-0.39, 0.29) is 39.6 Å². The molecule has 4 aromatic rings. The van der Waals surface area contributed by atoms with Gasteiger partial charge in [-0.2, -0.15) is 5.21 Å². The van der Waals surface area contributed by atoms with Crippen molar-refractivity contribution in [1.29, 1.82) is 0 Å². The Labute approximate surface area is 228 Å². The molecule has 2 heterocycles. The normalized spacial score (nSPS) is 15.5. The van der Waals surface area contributed by atoms with Gasteiger partial charge in [-0.3, -0.25) is 14.5 Å². The molecule has 1 aliphatic rings. The number of hydrogen-bond donors (Lipinski definition) is 5. The number of benzene rings is 3. The van der Waals surface area contributed by atoms with Gasteiger partial charge in [0.25, 0.3) is 11.8 Å². The molecule has 0 bridgehead atoms. The van der Waals surface area contributed by atoms with Gasteiger partial charge in [-0.05, 0) is 54.1 Å². The molecule has 0 aliphatic carbocycles. The Hall–Kier alpha value is -5.25. The van der Waals surface area contributed by atoms with Crippen LogP contribution in [0.1, 0.15) is 38.1 Å². The Morgan fingerprint density at radius 1 is 1.15 bits per heavy atom. The van der Waals surface area contributed by atoms with E-state index in [9.17, 15) is 32.3 Å². The number of aliphatic hydroxyl groups excluding tert-OH is 1. The van der Waals surface area contributed by atoms with Crippen LogP contribution in [0.25, 0.3) is 0 Å². The van der Waals surface area contributed by atoms with Crippen molar-refractivity contribution in [3.05, 3.63) is 89.0 Å². The minimum atomic E-state index is -4.92. The Morgan fingerprint density at radius 2 is 1.90 bits per heavy atom. The highest BCUT2D eigenvalue weighted by Crippen LogP contribution is 2.33. The summed E-state index contributed by atoms with van der Waals surface area (Å²) in [6.07, 6.45) is -6.41. The number of carbonyl (C=O) groups excluding carboxylic acids is 2. The van der Waals surface area contributed by atoms with Crippen LogP contribution in [0.2, 0.25) is 0 Å². The zero-order valence-electron chi connectivity index (χ0n) is 20.9. The summed E-state index contributed by atoms with van der Waals surface area (Å²) in [5.74, 6) is -2.53. The number of hydrogen-bond acceptors (Lipinski definition) is 9. The van der Waals surface area contributed by atoms with E-state index < -0.39 is 42.1 Å². The van der Waals surface area contributed by atoms with E-state index in [0.717, 1.165) is 23.1 Å². The lowest BCUT2D eigenvalue weighted by atomic mass is 10.0. The number of aromatic nitrogens is 4. The number of carbonyl (C=O) groups is 2. The number of tetrazole rings is 1. The molecule has 0 saturated carbocycles. The second-order valence-electron chi connectivity index (χ2n) is 8.66. The Bertz CT molecular complexity index is 1580. The number of aliphatic hydroxyl groups is 1. The average molecular weight is 572 g/mol. The molecule has 0 saturated heterocycles. The predicted octanol–water partition coefficient (Wildman–Crippen LogP) is 3.15. The lowest BCUT2D eigenvalue weighted by Gasteiger charge is -2.34. The van der Waals surface area contributed by atoms with Crippen LogP contribution >= 0.6 is 0 Å². The third-order valence-corrected chi connectivity index (χ3v) is 6.08. The van der Waals surface area contributed by atoms with Crippen molar-refractivity contribution in [3.63, 3.8) is 0 Å². The van der Waals surface area contributed by atoms with Crippen LogP contribution in [-0.4, -0.2) is 57.3 Å². The van der Waals surface area contributed by atoms with Crippen molar-refractivity contribution in [3.8, 4) is 5.75 Å². The largest absolute Gasteiger partial charge is 0.573 e. The number of alkyl halides is 3. The summed E-state index contributed by atoms with van der Waals surface area (Å²) < 4.78 is 56.4. The predicted molar refractivity (Wildman–Crippen MR) is 135 cm³/mol. The van der Waals surface area contributed by atoms with Gasteiger partial charge in [-0.1, -0.05) is 17.3 Å². The summed E-state index contributed by atoms with van der Waals surface area (Å²) in [4.78, 5) is 27.2. The van der Waals surface area contributed by atoms with Gasteiger partial charge < -0.3 is 25.8 Å². The second-order valence-corrected chi connectivity index (χ2v) is 8.66. The molecule has 3 aromatic carbocycles. The minimum absolute atomic E-state index is 0.00620. The fraction of sp³-hybridized carbons (Fsp3) is 0.160. The molecule has 0 radical (unpaired) electrons. The van der Waals surface area contributed by atoms with E-state index in [2.05, 4.69) is 41.3 Å². The van der Waals surface area contributed by atoms with Crippen molar-refractivity contribution >= 4 is 28.9 Å². The van der Waals surface area contributed by atoms with Gasteiger partial charge in [0.15, 0.2) is 0 Å². The molecule has 1 aromatic heterocycles. The third-order valence-electron chi connectivity index (χ3n) is 6.08. The summed E-state index contributed by atoms with van der Waals surface area (Å²) >= 11 is 0. The van der Waals surface area contributed by atoms with Gasteiger partial charge in [0.1, 0.15) is 17.6 Å². The van der Waals surface area contributed by atoms with E-state index >= 15 is 0 Å². The molecule has 5 N–H and O–H groups in total. The smallest absolute Gasteiger partial charge is 0.406 e. The Morgan fingerprint density at radius 3 is 2.56 bits per heavy atom.